The number of nitrogens with zero attached hydrogens (tertiary/aromatic N) is 1. The highest BCUT2D eigenvalue weighted by atomic mass is 32.2. The molecule has 1 aromatic rings. The molecule has 3 nitrogen and oxygen atoms in total. The molecule has 1 aromatic carbocycles. The fourth-order valence-corrected chi connectivity index (χ4v) is 2.05. The minimum absolute atomic E-state index is 0.348. The van der Waals surface area contributed by atoms with Crippen LogP contribution in [0.3, 0.4) is 0 Å². The lowest BCUT2D eigenvalue weighted by Gasteiger charge is -2.15. The van der Waals surface area contributed by atoms with Crippen LogP contribution in [-0.2, 0) is 0 Å². The van der Waals surface area contributed by atoms with Crippen LogP contribution in [0.25, 0.3) is 0 Å². The van der Waals surface area contributed by atoms with Crippen LogP contribution < -0.4 is 11.1 Å². The van der Waals surface area contributed by atoms with Gasteiger partial charge in [-0.3, -0.25) is 0 Å². The Bertz CT molecular complexity index is 384. The molecular weight excluding hydrogens is 218 g/mol. The summed E-state index contributed by atoms with van der Waals surface area (Å²) in [7, 11) is 0. The lowest BCUT2D eigenvalue weighted by atomic mass is 10.1. The highest BCUT2D eigenvalue weighted by Gasteiger charge is 2.06. The number of hydrogen-bond acceptors (Lipinski definition) is 4. The van der Waals surface area contributed by atoms with Crippen molar-refractivity contribution < 1.29 is 0 Å². The van der Waals surface area contributed by atoms with Crippen molar-refractivity contribution in [2.75, 3.05) is 22.6 Å². The van der Waals surface area contributed by atoms with E-state index in [-0.39, 0.29) is 0 Å². The Kier molecular flexibility index (Phi) is 5.00. The predicted octanol–water partition coefficient (Wildman–Crippen LogP) is 2.69. The zero-order valence-corrected chi connectivity index (χ0v) is 10.5. The Labute approximate surface area is 101 Å². The van der Waals surface area contributed by atoms with E-state index in [1.54, 1.807) is 6.07 Å². The van der Waals surface area contributed by atoms with Crippen LogP contribution in [-0.4, -0.2) is 17.5 Å². The SMILES string of the molecule is CCSCC(C)Nc1ccc(N)cc1C#N. The van der Waals surface area contributed by atoms with Crippen LogP contribution >= 0.6 is 11.8 Å². The molecule has 1 atom stereocenters. The minimum atomic E-state index is 0.348. The third-order valence-corrected chi connectivity index (χ3v) is 3.28. The molecule has 0 saturated carbocycles. The molecule has 0 bridgehead atoms. The number of thioether (sulfide) groups is 1. The summed E-state index contributed by atoms with van der Waals surface area (Å²) in [5, 5.41) is 12.3. The van der Waals surface area contributed by atoms with Crippen molar-refractivity contribution in [2.45, 2.75) is 19.9 Å². The van der Waals surface area contributed by atoms with Gasteiger partial charge in [-0.1, -0.05) is 6.92 Å². The zero-order valence-electron chi connectivity index (χ0n) is 9.66. The molecule has 3 N–H and O–H groups in total. The van der Waals surface area contributed by atoms with Gasteiger partial charge in [0.05, 0.1) is 11.3 Å². The average Bonchev–Trinajstić information content (AvgIpc) is 2.28. The first-order chi connectivity index (χ1) is 7.67. The van der Waals surface area contributed by atoms with E-state index in [2.05, 4.69) is 25.2 Å². The molecule has 86 valence electrons. The van der Waals surface area contributed by atoms with Gasteiger partial charge in [-0.2, -0.15) is 17.0 Å². The number of benzene rings is 1. The lowest BCUT2D eigenvalue weighted by molar-refractivity contribution is 0.912. The van der Waals surface area contributed by atoms with E-state index in [1.165, 1.54) is 0 Å². The van der Waals surface area contributed by atoms with E-state index >= 15 is 0 Å². The van der Waals surface area contributed by atoms with E-state index in [1.807, 2.05) is 23.9 Å². The largest absolute Gasteiger partial charge is 0.399 e. The van der Waals surface area contributed by atoms with E-state index in [0.29, 0.717) is 17.3 Å². The van der Waals surface area contributed by atoms with Crippen molar-refractivity contribution in [1.82, 2.24) is 0 Å². The molecule has 0 spiro atoms. The van der Waals surface area contributed by atoms with Crippen molar-refractivity contribution in [3.8, 4) is 6.07 Å². The van der Waals surface area contributed by atoms with Crippen molar-refractivity contribution >= 4 is 23.1 Å². The van der Waals surface area contributed by atoms with Crippen LogP contribution in [0, 0.1) is 11.3 Å². The lowest BCUT2D eigenvalue weighted by Crippen LogP contribution is -2.18. The molecule has 0 aromatic heterocycles. The van der Waals surface area contributed by atoms with Crippen LogP contribution in [0.4, 0.5) is 11.4 Å². The summed E-state index contributed by atoms with van der Waals surface area (Å²) in [6, 6.07) is 7.86. The Morgan fingerprint density at radius 1 is 1.56 bits per heavy atom. The maximum Gasteiger partial charge on any atom is 0.101 e. The molecule has 0 fully saturated rings. The quantitative estimate of drug-likeness (QED) is 0.770. The predicted molar refractivity (Wildman–Crippen MR) is 71.7 cm³/mol. The fourth-order valence-electron chi connectivity index (χ4n) is 1.38. The number of hydrogen-bond donors (Lipinski definition) is 2. The fraction of sp³-hybridized carbons (Fsp3) is 0.417. The Morgan fingerprint density at radius 2 is 2.31 bits per heavy atom. The van der Waals surface area contributed by atoms with Crippen LogP contribution in [0.15, 0.2) is 18.2 Å². The highest BCUT2D eigenvalue weighted by molar-refractivity contribution is 7.99. The molecule has 1 rings (SSSR count). The molecule has 0 aliphatic carbocycles. The summed E-state index contributed by atoms with van der Waals surface area (Å²) in [4.78, 5) is 0. The number of nitrogens with one attached hydrogen (secondary N) is 1. The maximum absolute atomic E-state index is 8.98. The van der Waals surface area contributed by atoms with E-state index in [0.717, 1.165) is 17.2 Å². The van der Waals surface area contributed by atoms with Crippen LogP contribution in [0.2, 0.25) is 0 Å². The van der Waals surface area contributed by atoms with Gasteiger partial charge in [0.25, 0.3) is 0 Å². The normalized spacial score (nSPS) is 11.8. The van der Waals surface area contributed by atoms with Gasteiger partial charge in [0, 0.05) is 17.5 Å². The monoisotopic (exact) mass is 235 g/mol. The molecule has 0 aliphatic rings. The molecule has 0 amide bonds. The second-order valence-electron chi connectivity index (χ2n) is 3.62. The number of nitrogen functional groups attached to an aromatic ring is 1. The summed E-state index contributed by atoms with van der Waals surface area (Å²) in [6.45, 7) is 4.25. The van der Waals surface area contributed by atoms with Gasteiger partial charge in [0.2, 0.25) is 0 Å². The van der Waals surface area contributed by atoms with Gasteiger partial charge >= 0.3 is 0 Å². The van der Waals surface area contributed by atoms with E-state index < -0.39 is 0 Å². The summed E-state index contributed by atoms with van der Waals surface area (Å²) in [5.41, 5.74) is 7.72. The first-order valence-corrected chi connectivity index (χ1v) is 6.46. The summed E-state index contributed by atoms with van der Waals surface area (Å²) >= 11 is 1.88. The van der Waals surface area contributed by atoms with Crippen molar-refractivity contribution in [1.29, 1.82) is 5.26 Å². The third kappa shape index (κ3) is 3.67. The van der Waals surface area contributed by atoms with Gasteiger partial charge < -0.3 is 11.1 Å². The molecule has 1 unspecified atom stereocenters. The zero-order chi connectivity index (χ0) is 12.0. The molecule has 0 heterocycles. The number of rotatable bonds is 5. The van der Waals surface area contributed by atoms with Crippen molar-refractivity contribution in [3.05, 3.63) is 23.8 Å². The molecule has 0 radical (unpaired) electrons. The molecule has 4 heteroatoms. The van der Waals surface area contributed by atoms with E-state index in [4.69, 9.17) is 11.0 Å². The number of anilines is 2. The second kappa shape index (κ2) is 6.29. The van der Waals surface area contributed by atoms with Gasteiger partial charge in [0.15, 0.2) is 0 Å². The number of nitriles is 1. The van der Waals surface area contributed by atoms with Crippen LogP contribution in [0.5, 0.6) is 0 Å². The first kappa shape index (κ1) is 12.7. The Hall–Kier alpha value is -1.34. The summed E-state index contributed by atoms with van der Waals surface area (Å²) < 4.78 is 0. The minimum Gasteiger partial charge on any atom is -0.399 e. The van der Waals surface area contributed by atoms with Gasteiger partial charge in [-0.05, 0) is 30.9 Å². The van der Waals surface area contributed by atoms with E-state index in [9.17, 15) is 0 Å². The molecule has 16 heavy (non-hydrogen) atoms. The van der Waals surface area contributed by atoms with Crippen LogP contribution in [0.1, 0.15) is 19.4 Å². The summed E-state index contributed by atoms with van der Waals surface area (Å²) in [5.74, 6) is 2.14. The molecular formula is C12H17N3S. The number of nitrogens with two attached hydrogens (primary N) is 1. The first-order valence-electron chi connectivity index (χ1n) is 5.31. The summed E-state index contributed by atoms with van der Waals surface area (Å²) in [6.07, 6.45) is 0. The molecule has 0 aliphatic heterocycles. The molecule has 0 saturated heterocycles. The second-order valence-corrected chi connectivity index (χ2v) is 4.94. The van der Waals surface area contributed by atoms with Gasteiger partial charge in [-0.15, -0.1) is 0 Å². The maximum atomic E-state index is 8.98. The Balaban J connectivity index is 2.70. The van der Waals surface area contributed by atoms with Crippen molar-refractivity contribution in [2.24, 2.45) is 0 Å². The van der Waals surface area contributed by atoms with Gasteiger partial charge in [-0.25, -0.2) is 0 Å². The van der Waals surface area contributed by atoms with Gasteiger partial charge in [0.1, 0.15) is 6.07 Å². The third-order valence-electron chi connectivity index (χ3n) is 2.14. The topological polar surface area (TPSA) is 61.8 Å². The highest BCUT2D eigenvalue weighted by Crippen LogP contribution is 2.19. The standard InChI is InChI=1S/C12H17N3S/c1-3-16-8-9(2)15-12-5-4-11(14)6-10(12)7-13/h4-6,9,15H,3,8,14H2,1-2H3. The smallest absolute Gasteiger partial charge is 0.101 e. The van der Waals surface area contributed by atoms with Crippen molar-refractivity contribution in [3.63, 3.8) is 0 Å². The Morgan fingerprint density at radius 3 is 2.94 bits per heavy atom. The average molecular weight is 235 g/mol.